The van der Waals surface area contributed by atoms with E-state index in [1.807, 2.05) is 42.5 Å². The van der Waals surface area contributed by atoms with Crippen LogP contribution in [-0.4, -0.2) is 52.3 Å². The van der Waals surface area contributed by atoms with Gasteiger partial charge in [0.2, 0.25) is 0 Å². The molecule has 3 atom stereocenters. The van der Waals surface area contributed by atoms with E-state index in [2.05, 4.69) is 37.4 Å². The summed E-state index contributed by atoms with van der Waals surface area (Å²) in [5.74, 6) is -0.154. The molecule has 0 saturated carbocycles. The number of allylic oxidation sites excluding steroid dienone is 8. The highest BCUT2D eigenvalue weighted by Gasteiger charge is 2.22. The van der Waals surface area contributed by atoms with E-state index < -0.39 is 38.6 Å². The van der Waals surface area contributed by atoms with Gasteiger partial charge in [-0.25, -0.2) is 4.57 Å². The molecule has 3 N–H and O–H groups in total. The third-order valence-electron chi connectivity index (χ3n) is 8.17. The molecule has 9 nitrogen and oxygen atoms in total. The van der Waals surface area contributed by atoms with Crippen molar-refractivity contribution < 1.29 is 43.0 Å². The average molecular weight is 725 g/mol. The second-order valence-electron chi connectivity index (χ2n) is 13.0. The molecule has 0 heterocycles. The van der Waals surface area contributed by atoms with Crippen LogP contribution in [0.15, 0.2) is 60.8 Å². The summed E-state index contributed by atoms with van der Waals surface area (Å²) in [5.41, 5.74) is 0. The van der Waals surface area contributed by atoms with Crippen LogP contribution in [0, 0.1) is 5.92 Å². The van der Waals surface area contributed by atoms with Gasteiger partial charge in [0.15, 0.2) is 6.10 Å². The Kier molecular flexibility index (Phi) is 32.3. The van der Waals surface area contributed by atoms with Crippen LogP contribution in [0.25, 0.3) is 0 Å². The van der Waals surface area contributed by atoms with Crippen molar-refractivity contribution >= 4 is 19.8 Å². The van der Waals surface area contributed by atoms with Crippen molar-refractivity contribution in [2.24, 2.45) is 5.92 Å². The van der Waals surface area contributed by atoms with E-state index >= 15 is 0 Å². The zero-order chi connectivity index (χ0) is 37.1. The third-order valence-corrected chi connectivity index (χ3v) is 8.66. The van der Waals surface area contributed by atoms with Crippen molar-refractivity contribution in [1.82, 2.24) is 0 Å². The van der Waals surface area contributed by atoms with E-state index in [1.54, 1.807) is 6.08 Å². The van der Waals surface area contributed by atoms with Crippen LogP contribution in [0.4, 0.5) is 0 Å². The second-order valence-corrected chi connectivity index (χ2v) is 14.2. The van der Waals surface area contributed by atoms with Crippen molar-refractivity contribution in [1.29, 1.82) is 0 Å². The molecule has 2 unspecified atom stereocenters. The number of hydrogen-bond acceptors (Lipinski definition) is 7. The number of phosphoric ester groups is 1. The third kappa shape index (κ3) is 35.5. The molecule has 0 aromatic carbocycles. The number of carbonyl (C=O) groups excluding carboxylic acids is 2. The van der Waals surface area contributed by atoms with Gasteiger partial charge < -0.3 is 24.4 Å². The van der Waals surface area contributed by atoms with Crippen LogP contribution in [0.3, 0.4) is 0 Å². The van der Waals surface area contributed by atoms with Crippen LogP contribution >= 0.6 is 7.82 Å². The highest BCUT2D eigenvalue weighted by molar-refractivity contribution is 7.46. The van der Waals surface area contributed by atoms with Crippen LogP contribution in [0.2, 0.25) is 0 Å². The molecule has 0 rings (SSSR count). The molecule has 0 amide bonds. The van der Waals surface area contributed by atoms with Gasteiger partial charge >= 0.3 is 19.8 Å². The highest BCUT2D eigenvalue weighted by Crippen LogP contribution is 2.36. The molecule has 0 radical (unpaired) electrons. The van der Waals surface area contributed by atoms with Crippen molar-refractivity contribution in [3.05, 3.63) is 60.8 Å². The first-order valence-corrected chi connectivity index (χ1v) is 20.6. The first-order valence-electron chi connectivity index (χ1n) is 19.1. The minimum atomic E-state index is -4.78. The van der Waals surface area contributed by atoms with Crippen molar-refractivity contribution in [3.8, 4) is 0 Å². The van der Waals surface area contributed by atoms with Gasteiger partial charge in [0.25, 0.3) is 0 Å². The summed E-state index contributed by atoms with van der Waals surface area (Å²) < 4.78 is 26.2. The lowest BCUT2D eigenvalue weighted by atomic mass is 9.99. The van der Waals surface area contributed by atoms with Gasteiger partial charge in [0.1, 0.15) is 6.61 Å². The molecule has 288 valence electrons. The van der Waals surface area contributed by atoms with Crippen molar-refractivity contribution in [2.45, 2.75) is 161 Å². The summed E-state index contributed by atoms with van der Waals surface area (Å²) >= 11 is 0. The lowest BCUT2D eigenvalue weighted by Gasteiger charge is -2.18. The quantitative estimate of drug-likeness (QED) is 0.0198. The summed E-state index contributed by atoms with van der Waals surface area (Å²) in [5, 5.41) is 9.97. The zero-order valence-electron chi connectivity index (χ0n) is 31.3. The molecule has 10 heteroatoms. The fourth-order valence-electron chi connectivity index (χ4n) is 4.94. The Morgan fingerprint density at radius 1 is 0.700 bits per heavy atom. The number of rotatable bonds is 33. The molecule has 50 heavy (non-hydrogen) atoms. The fraction of sp³-hybridized carbons (Fsp3) is 0.700. The Labute approximate surface area is 303 Å². The first kappa shape index (κ1) is 47.7. The van der Waals surface area contributed by atoms with Crippen LogP contribution in [0.5, 0.6) is 0 Å². The lowest BCUT2D eigenvalue weighted by molar-refractivity contribution is -0.161. The molecule has 0 saturated heterocycles. The number of carbonyl (C=O) groups is 2. The molecule has 0 aromatic heterocycles. The van der Waals surface area contributed by atoms with E-state index in [4.69, 9.17) is 19.3 Å². The largest absolute Gasteiger partial charge is 0.469 e. The topological polar surface area (TPSA) is 140 Å². The molecule has 0 spiro atoms. The normalized spacial score (nSPS) is 14.4. The Balaban J connectivity index is 4.16. The van der Waals surface area contributed by atoms with Gasteiger partial charge in [-0.3, -0.25) is 14.1 Å². The summed E-state index contributed by atoms with van der Waals surface area (Å²) in [6.07, 6.45) is 36.9. The molecule has 0 aliphatic carbocycles. The number of phosphoric acid groups is 1. The summed E-state index contributed by atoms with van der Waals surface area (Å²) in [6, 6.07) is 0. The fourth-order valence-corrected chi connectivity index (χ4v) is 5.30. The van der Waals surface area contributed by atoms with Gasteiger partial charge in [-0.05, 0) is 50.9 Å². The van der Waals surface area contributed by atoms with Crippen LogP contribution in [-0.2, 0) is 28.2 Å². The lowest BCUT2D eigenvalue weighted by Crippen LogP contribution is -2.29. The molecule has 0 aliphatic heterocycles. The Bertz CT molecular complexity index is 1030. The van der Waals surface area contributed by atoms with Crippen molar-refractivity contribution in [3.63, 3.8) is 0 Å². The van der Waals surface area contributed by atoms with Crippen LogP contribution < -0.4 is 0 Å². The van der Waals surface area contributed by atoms with Gasteiger partial charge in [-0.15, -0.1) is 0 Å². The average Bonchev–Trinajstić information content (AvgIpc) is 3.08. The van der Waals surface area contributed by atoms with E-state index in [9.17, 15) is 19.3 Å². The van der Waals surface area contributed by atoms with Gasteiger partial charge in [0.05, 0.1) is 12.7 Å². The number of hydrogen-bond donors (Lipinski definition) is 3. The maximum atomic E-state index is 12.3. The number of ether oxygens (including phenoxy) is 2. The molecule has 0 aliphatic rings. The highest BCUT2D eigenvalue weighted by atomic mass is 31.2. The smallest absolute Gasteiger partial charge is 0.462 e. The number of aliphatic hydroxyl groups excluding tert-OH is 1. The predicted octanol–water partition coefficient (Wildman–Crippen LogP) is 10.2. The molecule has 0 fully saturated rings. The van der Waals surface area contributed by atoms with Gasteiger partial charge in [-0.1, -0.05) is 152 Å². The number of aliphatic hydroxyl groups is 1. The molecular weight excluding hydrogens is 655 g/mol. The van der Waals surface area contributed by atoms with Crippen LogP contribution in [0.1, 0.15) is 149 Å². The van der Waals surface area contributed by atoms with Gasteiger partial charge in [0, 0.05) is 12.8 Å². The molecular formula is C40H69O9P. The minimum absolute atomic E-state index is 0.0999. The predicted molar refractivity (Wildman–Crippen MR) is 203 cm³/mol. The summed E-state index contributed by atoms with van der Waals surface area (Å²) in [7, 11) is -4.78. The van der Waals surface area contributed by atoms with E-state index in [1.165, 1.54) is 51.4 Å². The Morgan fingerprint density at radius 3 is 1.96 bits per heavy atom. The van der Waals surface area contributed by atoms with Crippen molar-refractivity contribution in [2.75, 3.05) is 13.2 Å². The van der Waals surface area contributed by atoms with Gasteiger partial charge in [-0.2, -0.15) is 0 Å². The zero-order valence-corrected chi connectivity index (χ0v) is 32.2. The monoisotopic (exact) mass is 724 g/mol. The minimum Gasteiger partial charge on any atom is -0.462 e. The SMILES string of the molecule is CC/C=C\C/C=C\CC(O)/C=C/C=C\C/C=C\CCCC(=O)O[C@H](COC(=O)CCCCCCCCCCCCC(C)CC)COP(=O)(O)O. The van der Waals surface area contributed by atoms with E-state index in [0.717, 1.165) is 38.0 Å². The number of unbranched alkanes of at least 4 members (excludes halogenated alkanes) is 10. The second kappa shape index (κ2) is 33.8. The Hall–Kier alpha value is -2.29. The standard InChI is InChI=1S/C40H69O9P/c1-4-6-7-8-20-25-30-37(41)31-26-21-16-13-14-18-23-28-33-40(43)49-38(35-48-50(44,45)46)34-47-39(42)32-27-22-17-12-10-9-11-15-19-24-29-36(3)5-2/h6-7,14,16,18,20-21,25-26,31,36-38,41H,4-5,8-13,15,17,19,22-24,27-30,32-35H2,1-3H3,(H2,44,45,46)/b7-6-,18-14-,21-16-,25-20-,31-26+/t36?,37?,38-/m1/s1. The summed E-state index contributed by atoms with van der Waals surface area (Å²) in [6.45, 7) is 5.77. The van der Waals surface area contributed by atoms with E-state index in [-0.39, 0.29) is 19.4 Å². The summed E-state index contributed by atoms with van der Waals surface area (Å²) in [4.78, 5) is 42.7. The first-order chi connectivity index (χ1) is 24.1. The maximum absolute atomic E-state index is 12.3. The molecule has 0 aromatic rings. The van der Waals surface area contributed by atoms with E-state index in [0.29, 0.717) is 32.1 Å². The maximum Gasteiger partial charge on any atom is 0.469 e. The Morgan fingerprint density at radius 2 is 1.30 bits per heavy atom. The number of esters is 2. The molecule has 0 bridgehead atoms.